The summed E-state index contributed by atoms with van der Waals surface area (Å²) in [6, 6.07) is -0.882. The van der Waals surface area contributed by atoms with Crippen molar-refractivity contribution in [1.29, 1.82) is 0 Å². The molecule has 0 unspecified atom stereocenters. The molecule has 2 aliphatic heterocycles. The van der Waals surface area contributed by atoms with E-state index >= 15 is 0 Å². The van der Waals surface area contributed by atoms with E-state index in [-0.39, 0.29) is 38.4 Å². The first-order valence-corrected chi connectivity index (χ1v) is 24.5. The Morgan fingerprint density at radius 2 is 1.17 bits per heavy atom. The van der Waals surface area contributed by atoms with Crippen LogP contribution in [0.4, 0.5) is 4.79 Å². The Morgan fingerprint density at radius 1 is 0.653 bits per heavy atom. The van der Waals surface area contributed by atoms with Gasteiger partial charge in [-0.3, -0.25) is 43.2 Å². The number of nitrogens with one attached hydrogen (secondary N) is 2. The van der Waals surface area contributed by atoms with Crippen LogP contribution in [0.3, 0.4) is 0 Å². The van der Waals surface area contributed by atoms with Gasteiger partial charge in [-0.1, -0.05) is 11.6 Å². The largest absolute Gasteiger partial charge is 0.464 e. The molecule has 3 heterocycles. The van der Waals surface area contributed by atoms with E-state index in [2.05, 4.69) is 33.6 Å². The number of rotatable bonds is 27. The maximum absolute atomic E-state index is 12.8. The Hall–Kier alpha value is -6.17. The SMILES string of the molecule is CC(=O)OC[C@H]1O[C@@H](O[C@H]2[C@H](OC(C)=O)[C@@H](OC(C)=O)[C@H](OCCc3cn(CCOC(=O)CCCCCNC(=O)[C@@H](CS)NC(=O)OC(C)(C)C)nn3)O[C@@H]2COC(C)=O)[C@H](OC(C)=O)[C@@H](OC(C)=O)[C@@H]1OC(C)=O. The lowest BCUT2D eigenvalue weighted by Crippen LogP contribution is -2.67. The molecule has 2 aliphatic rings. The Labute approximate surface area is 438 Å². The summed E-state index contributed by atoms with van der Waals surface area (Å²) < 4.78 is 74.9. The minimum Gasteiger partial charge on any atom is -0.464 e. The predicted octanol–water partition coefficient (Wildman–Crippen LogP) is 0.500. The number of aromatic nitrogens is 3. The third-order valence-electron chi connectivity index (χ3n) is 10.2. The fourth-order valence-electron chi connectivity index (χ4n) is 7.32. The molecule has 3 rings (SSSR count). The van der Waals surface area contributed by atoms with Gasteiger partial charge < -0.3 is 72.2 Å². The summed E-state index contributed by atoms with van der Waals surface area (Å²) in [6.45, 7) is 11.5. The number of hydrogen-bond acceptors (Lipinski definition) is 26. The average molecular weight is 1090 g/mol. The topological polar surface area (TPSA) is 345 Å². The summed E-state index contributed by atoms with van der Waals surface area (Å²) in [4.78, 5) is 124. The third kappa shape index (κ3) is 23.1. The van der Waals surface area contributed by atoms with Crippen molar-refractivity contribution in [2.45, 2.75) is 181 Å². The van der Waals surface area contributed by atoms with Crippen molar-refractivity contribution < 1.29 is 110 Å². The minimum absolute atomic E-state index is 0.0218. The summed E-state index contributed by atoms with van der Waals surface area (Å²) in [5.41, 5.74) is -0.317. The van der Waals surface area contributed by atoms with Gasteiger partial charge in [0.05, 0.1) is 18.8 Å². The highest BCUT2D eigenvalue weighted by molar-refractivity contribution is 7.80. The molecule has 0 aliphatic carbocycles. The van der Waals surface area contributed by atoms with Gasteiger partial charge in [-0.05, 0) is 33.6 Å². The van der Waals surface area contributed by atoms with Crippen molar-refractivity contribution in [3.05, 3.63) is 11.9 Å². The van der Waals surface area contributed by atoms with E-state index in [9.17, 15) is 47.9 Å². The van der Waals surface area contributed by atoms with E-state index < -0.39 is 146 Å². The summed E-state index contributed by atoms with van der Waals surface area (Å²) >= 11 is 4.13. The molecule has 0 spiro atoms. The third-order valence-corrected chi connectivity index (χ3v) is 10.6. The predicted molar refractivity (Wildman–Crippen MR) is 252 cm³/mol. The maximum Gasteiger partial charge on any atom is 0.408 e. The van der Waals surface area contributed by atoms with Gasteiger partial charge in [-0.2, -0.15) is 12.6 Å². The quantitative estimate of drug-likeness (QED) is 0.0467. The molecule has 0 aromatic carbocycles. The molecule has 0 radical (unpaired) electrons. The lowest BCUT2D eigenvalue weighted by Gasteiger charge is -2.48. The van der Waals surface area contributed by atoms with Crippen LogP contribution in [0.2, 0.25) is 0 Å². The van der Waals surface area contributed by atoms with Crippen LogP contribution >= 0.6 is 12.6 Å². The molecule has 1 aromatic rings. The lowest BCUT2D eigenvalue weighted by atomic mass is 9.96. The van der Waals surface area contributed by atoms with Crippen LogP contribution in [0.15, 0.2) is 6.20 Å². The van der Waals surface area contributed by atoms with E-state index in [1.54, 1.807) is 27.0 Å². The van der Waals surface area contributed by atoms with Crippen molar-refractivity contribution in [3.8, 4) is 0 Å². The molecule has 11 atom stereocenters. The van der Waals surface area contributed by atoms with Gasteiger partial charge in [0, 0.05) is 79.8 Å². The highest BCUT2D eigenvalue weighted by Gasteiger charge is 2.57. The Morgan fingerprint density at radius 3 is 1.72 bits per heavy atom. The molecule has 2 N–H and O–H groups in total. The molecule has 28 nitrogen and oxygen atoms in total. The number of esters is 8. The van der Waals surface area contributed by atoms with Gasteiger partial charge in [0.25, 0.3) is 0 Å². The summed E-state index contributed by atoms with van der Waals surface area (Å²) in [7, 11) is 0. The first kappa shape index (κ1) is 63.1. The van der Waals surface area contributed by atoms with E-state index in [4.69, 9.17) is 61.6 Å². The minimum atomic E-state index is -1.85. The van der Waals surface area contributed by atoms with Crippen LogP contribution in [0.25, 0.3) is 0 Å². The number of amides is 2. The molecular weight excluding hydrogens is 1020 g/mol. The number of thiol groups is 1. The number of alkyl carbamates (subject to hydrolysis) is 1. The van der Waals surface area contributed by atoms with Crippen molar-refractivity contribution in [3.63, 3.8) is 0 Å². The zero-order valence-corrected chi connectivity index (χ0v) is 44.5. The molecule has 1 aromatic heterocycles. The van der Waals surface area contributed by atoms with E-state index in [1.165, 1.54) is 4.68 Å². The van der Waals surface area contributed by atoms with Crippen LogP contribution in [0, 0.1) is 0 Å². The molecule has 2 amide bonds. The second-order valence-corrected chi connectivity index (χ2v) is 18.3. The number of carbonyl (C=O) groups excluding carboxylic acids is 10. The zero-order valence-electron chi connectivity index (χ0n) is 43.6. The van der Waals surface area contributed by atoms with Gasteiger partial charge in [-0.15, -0.1) is 5.10 Å². The van der Waals surface area contributed by atoms with Crippen LogP contribution in [-0.4, -0.2) is 187 Å². The summed E-state index contributed by atoms with van der Waals surface area (Å²) in [5, 5.41) is 13.4. The molecule has 2 saturated heterocycles. The average Bonchev–Trinajstić information content (AvgIpc) is 3.74. The molecule has 422 valence electrons. The highest BCUT2D eigenvalue weighted by Crippen LogP contribution is 2.35. The summed E-state index contributed by atoms with van der Waals surface area (Å²) in [5.74, 6) is -6.91. The van der Waals surface area contributed by atoms with E-state index in [0.29, 0.717) is 31.5 Å². The number of carbonyl (C=O) groups is 10. The summed E-state index contributed by atoms with van der Waals surface area (Å²) in [6.07, 6.45) is -13.5. The fraction of sp³-hybridized carbons (Fsp3) is 0.739. The highest BCUT2D eigenvalue weighted by atomic mass is 32.1. The molecule has 0 saturated carbocycles. The number of hydrogen-bond donors (Lipinski definition) is 3. The first-order chi connectivity index (χ1) is 35.3. The van der Waals surface area contributed by atoms with Crippen molar-refractivity contribution >= 4 is 72.4 Å². The standard InChI is InChI=1S/C46H69N5O23S/c1-24(52)64-21-33-36(66-26(3)54)38(67-27(4)55)41(70-30(7)58)44(72-33)73-37-34(22-65-25(2)53)71-43(40(69-29(6)57)39(37)68-28(5)56)63-18-15-31-20-51(50-49-31)17-19-62-35(59)14-12-11-13-16-47-42(60)32(23-75)48-45(61)74-46(8,9)10/h20,32-34,36-41,43-44,75H,11-19,21-23H2,1-10H3,(H,47,60)(H,48,61)/t32-,33-,34-,36-,37-,38+,39+,40-,41-,43-,44+/m1/s1. The van der Waals surface area contributed by atoms with Crippen LogP contribution < -0.4 is 10.6 Å². The first-order valence-electron chi connectivity index (χ1n) is 23.9. The van der Waals surface area contributed by atoms with Crippen molar-refractivity contribution in [2.24, 2.45) is 0 Å². The normalized spacial score (nSPS) is 23.7. The number of unbranched alkanes of at least 4 members (excludes halogenated alkanes) is 2. The number of ether oxygens (including phenoxy) is 13. The second-order valence-electron chi connectivity index (χ2n) is 18.0. The van der Waals surface area contributed by atoms with Crippen LogP contribution in [-0.2, 0) is 118 Å². The smallest absolute Gasteiger partial charge is 0.408 e. The molecule has 75 heavy (non-hydrogen) atoms. The van der Waals surface area contributed by atoms with Crippen molar-refractivity contribution in [2.75, 3.05) is 38.7 Å². The zero-order chi connectivity index (χ0) is 56.0. The van der Waals surface area contributed by atoms with Crippen LogP contribution in [0.1, 0.15) is 101 Å². The number of nitrogens with zero attached hydrogens (tertiary/aromatic N) is 3. The maximum atomic E-state index is 12.8. The van der Waals surface area contributed by atoms with Crippen molar-refractivity contribution in [1.82, 2.24) is 25.6 Å². The van der Waals surface area contributed by atoms with Gasteiger partial charge in [0.1, 0.15) is 49.8 Å². The van der Waals surface area contributed by atoms with Gasteiger partial charge >= 0.3 is 53.8 Å². The Bertz CT molecular complexity index is 2120. The Balaban J connectivity index is 1.69. The fourth-order valence-corrected chi connectivity index (χ4v) is 7.58. The van der Waals surface area contributed by atoms with Gasteiger partial charge in [-0.25, -0.2) is 9.48 Å². The molecule has 0 bridgehead atoms. The van der Waals surface area contributed by atoms with Gasteiger partial charge in [0.2, 0.25) is 5.91 Å². The van der Waals surface area contributed by atoms with Crippen LogP contribution in [0.5, 0.6) is 0 Å². The Kier molecular flexibility index (Phi) is 26.1. The second kappa shape index (κ2) is 31.0. The molecule has 2 fully saturated rings. The lowest BCUT2D eigenvalue weighted by molar-refractivity contribution is -0.361. The van der Waals surface area contributed by atoms with E-state index in [1.807, 2.05) is 0 Å². The molecular formula is C46H69N5O23S. The van der Waals surface area contributed by atoms with Gasteiger partial charge in [0.15, 0.2) is 43.1 Å². The van der Waals surface area contributed by atoms with E-state index in [0.717, 1.165) is 48.5 Å². The molecule has 29 heteroatoms. The monoisotopic (exact) mass is 1090 g/mol.